The maximum Gasteiger partial charge on any atom is 0.123 e. The van der Waals surface area contributed by atoms with Crippen LogP contribution >= 0.6 is 9.69 Å². The van der Waals surface area contributed by atoms with E-state index in [4.69, 9.17) is 14.4 Å². The molecule has 1 saturated heterocycles. The number of ether oxygens (including phenoxy) is 1. The van der Waals surface area contributed by atoms with Gasteiger partial charge in [-0.1, -0.05) is 54.1 Å². The molecule has 5 aromatic rings. The van der Waals surface area contributed by atoms with Crippen molar-refractivity contribution in [3.63, 3.8) is 0 Å². The summed E-state index contributed by atoms with van der Waals surface area (Å²) >= 11 is -0.264. The zero-order valence-electron chi connectivity index (χ0n) is 27.0. The number of nitrogens with zero attached hydrogens (tertiary/aromatic N) is 2. The van der Waals surface area contributed by atoms with Crippen molar-refractivity contribution in [3.05, 3.63) is 138 Å². The van der Waals surface area contributed by atoms with Gasteiger partial charge in [-0.05, 0) is 44.0 Å². The molecule has 0 saturated carbocycles. The fourth-order valence-electron chi connectivity index (χ4n) is 6.02. The Morgan fingerprint density at radius 3 is 2.04 bits per heavy atom. The summed E-state index contributed by atoms with van der Waals surface area (Å²) in [6, 6.07) is 36.8. The summed E-state index contributed by atoms with van der Waals surface area (Å²) in [5, 5.41) is 10.3. The van der Waals surface area contributed by atoms with Gasteiger partial charge in [-0.15, -0.1) is 0 Å². The predicted octanol–water partition coefficient (Wildman–Crippen LogP) is 9.96. The molecule has 0 radical (unpaired) electrons. The van der Waals surface area contributed by atoms with Gasteiger partial charge >= 0.3 is 126 Å². The first kappa shape index (κ1) is 33.4. The topological polar surface area (TPSA) is 35.9 Å². The number of halogens is 1. The van der Waals surface area contributed by atoms with Gasteiger partial charge in [-0.25, -0.2) is 0 Å². The minimum atomic E-state index is -0.264. The number of hydrogen-bond acceptors (Lipinski definition) is 4. The first-order valence-electron chi connectivity index (χ1n) is 15.5. The summed E-state index contributed by atoms with van der Waals surface area (Å²) in [6.07, 6.45) is 0.142. The molecule has 1 aliphatic heterocycles. The van der Waals surface area contributed by atoms with Crippen LogP contribution in [-0.2, 0) is 15.7 Å². The Morgan fingerprint density at radius 2 is 1.37 bits per heavy atom. The molecule has 0 bridgehead atoms. The van der Waals surface area contributed by atoms with Crippen molar-refractivity contribution >= 4 is 25.7 Å². The van der Waals surface area contributed by atoms with Crippen LogP contribution in [0.2, 0.25) is 0 Å². The van der Waals surface area contributed by atoms with Gasteiger partial charge in [0.05, 0.1) is 0 Å². The van der Waals surface area contributed by atoms with Crippen LogP contribution in [0, 0.1) is 27.4 Å². The summed E-state index contributed by atoms with van der Waals surface area (Å²) in [5.74, 6) is 1.24. The molecule has 0 atom stereocenters. The molecule has 6 rings (SSSR count). The van der Waals surface area contributed by atoms with E-state index >= 15 is 0 Å². The monoisotopic (exact) mass is 718 g/mol. The molecule has 0 spiro atoms. The van der Waals surface area contributed by atoms with Crippen molar-refractivity contribution in [3.8, 4) is 33.8 Å². The first-order chi connectivity index (χ1) is 22.3. The number of phenolic OH excluding ortho intramolecular Hbond substituents is 1. The van der Waals surface area contributed by atoms with Crippen LogP contribution < -0.4 is 14.5 Å². The maximum atomic E-state index is 10.3. The molecule has 1 heterocycles. The molecule has 0 aromatic heterocycles. The second-order valence-corrected chi connectivity index (χ2v) is 13.5. The molecule has 0 aliphatic carbocycles. The number of hydrogen-bond donors (Lipinski definition) is 1. The van der Waals surface area contributed by atoms with Gasteiger partial charge in [-0.2, -0.15) is 6.67 Å². The minimum Gasteiger partial charge on any atom is -0.507 e. The van der Waals surface area contributed by atoms with Crippen LogP contribution in [0.4, 0.5) is 11.4 Å². The Balaban J connectivity index is 0.000000193. The quantitative estimate of drug-likeness (QED) is 0.134. The van der Waals surface area contributed by atoms with Gasteiger partial charge in [0.15, 0.2) is 0 Å². The zero-order valence-corrected chi connectivity index (χ0v) is 29.5. The summed E-state index contributed by atoms with van der Waals surface area (Å²) in [6.45, 7) is 14.6. The molecular weight excluding hydrogens is 677 g/mol. The summed E-state index contributed by atoms with van der Waals surface area (Å²) in [7, 11) is 5.92. The molecule has 5 aromatic carbocycles. The average Bonchev–Trinajstić information content (AvgIpc) is 3.52. The molecule has 239 valence electrons. The van der Waals surface area contributed by atoms with Crippen molar-refractivity contribution in [2.24, 2.45) is 0 Å². The number of aromatic hydroxyl groups is 1. The van der Waals surface area contributed by atoms with Crippen molar-refractivity contribution in [1.82, 2.24) is 0 Å². The van der Waals surface area contributed by atoms with Gasteiger partial charge in [0.25, 0.3) is 0 Å². The van der Waals surface area contributed by atoms with Crippen LogP contribution in [0.25, 0.3) is 22.3 Å². The zero-order chi connectivity index (χ0) is 32.6. The van der Waals surface area contributed by atoms with E-state index in [9.17, 15) is 5.11 Å². The third kappa shape index (κ3) is 7.89. The third-order valence-corrected chi connectivity index (χ3v) is 9.01. The molecule has 46 heavy (non-hydrogen) atoms. The number of aryl methyl sites for hydroxylation is 3. The standard InChI is InChI=1S/C24H25N2O.C16H16O.ClH.Ru/c1-17-14-18(2)24(19(3)15-17)26-13-12-25(16-26)22-10-6-4-8-20(22)21-9-5-7-11-23(21)27;1-12(2)17-16-13(3)8-7-11-15(16)14-9-5-4-6-10-14;;/h4-11,14-16,27H,12-13H2,1-3H3;3-12H,1-2H3;1H;/q-1;;;+1/p-1. The van der Waals surface area contributed by atoms with Crippen molar-refractivity contribution in [2.45, 2.75) is 40.7 Å². The van der Waals surface area contributed by atoms with E-state index in [1.165, 1.54) is 27.9 Å². The number of phenols is 1. The van der Waals surface area contributed by atoms with Crippen molar-refractivity contribution in [2.75, 3.05) is 22.9 Å². The number of para-hydroxylation sites is 3. The Morgan fingerprint density at radius 1 is 0.761 bits per heavy atom. The SMILES string of the molecule is CC(C)Oc1c([CH]=[Ru][Cl])cccc1-c1ccccc1.Cc1cc(C)c(N2[CH-]N(c3ccccc3-c3ccccc3O)CC2)c(C)c1. The van der Waals surface area contributed by atoms with Gasteiger partial charge in [0, 0.05) is 35.6 Å². The first-order valence-corrected chi connectivity index (χ1v) is 18.7. The van der Waals surface area contributed by atoms with Gasteiger partial charge in [-0.3, -0.25) is 0 Å². The van der Waals surface area contributed by atoms with Gasteiger partial charge in [0.1, 0.15) is 5.75 Å². The molecule has 0 unspecified atom stereocenters. The van der Waals surface area contributed by atoms with Crippen LogP contribution in [0.5, 0.6) is 11.5 Å². The van der Waals surface area contributed by atoms with E-state index in [-0.39, 0.29) is 21.8 Å². The van der Waals surface area contributed by atoms with E-state index in [0.717, 1.165) is 46.8 Å². The molecule has 6 heteroatoms. The van der Waals surface area contributed by atoms with Crippen LogP contribution in [0.1, 0.15) is 36.1 Å². The van der Waals surface area contributed by atoms with Crippen LogP contribution in [-0.4, -0.2) is 28.9 Å². The van der Waals surface area contributed by atoms with E-state index in [2.05, 4.69) is 103 Å². The van der Waals surface area contributed by atoms with Crippen molar-refractivity contribution < 1.29 is 25.5 Å². The second kappa shape index (κ2) is 15.6. The molecule has 1 N–H and O–H groups in total. The van der Waals surface area contributed by atoms with E-state index < -0.39 is 0 Å². The Labute approximate surface area is 285 Å². The summed E-state index contributed by atoms with van der Waals surface area (Å²) in [4.78, 5) is 4.62. The van der Waals surface area contributed by atoms with Crippen molar-refractivity contribution in [1.29, 1.82) is 0 Å². The fourth-order valence-corrected chi connectivity index (χ4v) is 7.11. The smallest absolute Gasteiger partial charge is 0.123 e. The number of rotatable bonds is 7. The largest absolute Gasteiger partial charge is 0.507 e. The summed E-state index contributed by atoms with van der Waals surface area (Å²) < 4.78 is 8.08. The average molecular weight is 718 g/mol. The molecule has 1 aliphatic rings. The molecular formula is C40H41ClN2O2Ru-. The normalized spacial score (nSPS) is 13.0. The van der Waals surface area contributed by atoms with Crippen LogP contribution in [0.3, 0.4) is 0 Å². The maximum absolute atomic E-state index is 10.3. The molecule has 4 nitrogen and oxygen atoms in total. The van der Waals surface area contributed by atoms with Crippen LogP contribution in [0.15, 0.2) is 109 Å². The van der Waals surface area contributed by atoms with E-state index in [1.807, 2.05) is 56.3 Å². The summed E-state index contributed by atoms with van der Waals surface area (Å²) in [5.41, 5.74) is 11.6. The Kier molecular flexibility index (Phi) is 11.3. The van der Waals surface area contributed by atoms with Gasteiger partial charge in [0.2, 0.25) is 0 Å². The third-order valence-electron chi connectivity index (χ3n) is 7.82. The van der Waals surface area contributed by atoms with E-state index in [0.29, 0.717) is 5.75 Å². The molecule has 1 fully saturated rings. The van der Waals surface area contributed by atoms with Gasteiger partial charge < -0.3 is 14.9 Å². The number of anilines is 2. The Hall–Kier alpha value is -3.92. The molecule has 0 amide bonds. The predicted molar refractivity (Wildman–Crippen MR) is 192 cm³/mol. The number of benzene rings is 5. The fraction of sp³-hybridized carbons (Fsp3) is 0.200. The second-order valence-electron chi connectivity index (χ2n) is 11.7. The van der Waals surface area contributed by atoms with E-state index in [1.54, 1.807) is 6.07 Å². The minimum absolute atomic E-state index is 0.142. The Bertz CT molecular complexity index is 1780.